The van der Waals surface area contributed by atoms with Crippen molar-refractivity contribution in [3.8, 4) is 0 Å². The number of halogens is 2. The summed E-state index contributed by atoms with van der Waals surface area (Å²) in [5.41, 5.74) is 2.02. The summed E-state index contributed by atoms with van der Waals surface area (Å²) in [6.07, 6.45) is 2.85. The van der Waals surface area contributed by atoms with Gasteiger partial charge in [-0.25, -0.2) is 4.39 Å². The van der Waals surface area contributed by atoms with Gasteiger partial charge in [-0.05, 0) is 62.6 Å². The number of hydrogen-bond acceptors (Lipinski definition) is 4. The van der Waals surface area contributed by atoms with E-state index in [1.165, 1.54) is 6.07 Å². The number of guanidine groups is 1. The van der Waals surface area contributed by atoms with Crippen molar-refractivity contribution < 1.29 is 13.9 Å². The highest BCUT2D eigenvalue weighted by molar-refractivity contribution is 14.0. The van der Waals surface area contributed by atoms with E-state index >= 15 is 0 Å². The van der Waals surface area contributed by atoms with Crippen LogP contribution in [0.2, 0.25) is 0 Å². The molecule has 6 nitrogen and oxygen atoms in total. The van der Waals surface area contributed by atoms with Crippen LogP contribution in [-0.2, 0) is 0 Å². The highest BCUT2D eigenvalue weighted by Crippen LogP contribution is 2.24. The molecule has 2 heterocycles. The lowest BCUT2D eigenvalue weighted by atomic mass is 10.0. The van der Waals surface area contributed by atoms with Crippen LogP contribution in [0.3, 0.4) is 0 Å². The molecule has 2 unspecified atom stereocenters. The molecular weight excluding hydrogens is 486 g/mol. The Morgan fingerprint density at radius 2 is 2.24 bits per heavy atom. The van der Waals surface area contributed by atoms with Crippen molar-refractivity contribution >= 4 is 35.6 Å². The Labute approximate surface area is 188 Å². The summed E-state index contributed by atoms with van der Waals surface area (Å²) in [5.74, 6) is 0.982. The van der Waals surface area contributed by atoms with Gasteiger partial charge in [-0.15, -0.1) is 24.0 Å². The maximum Gasteiger partial charge on any atom is 0.191 e. The zero-order valence-electron chi connectivity index (χ0n) is 16.9. The zero-order valence-corrected chi connectivity index (χ0v) is 19.2. The minimum Gasteiger partial charge on any atom is -0.467 e. The summed E-state index contributed by atoms with van der Waals surface area (Å²) < 4.78 is 18.6. The van der Waals surface area contributed by atoms with Crippen LogP contribution in [0.5, 0.6) is 0 Å². The van der Waals surface area contributed by atoms with Crippen LogP contribution in [0, 0.1) is 12.7 Å². The third kappa shape index (κ3) is 6.60. The fraction of sp³-hybridized carbons (Fsp3) is 0.476. The molecule has 8 heteroatoms. The highest BCUT2D eigenvalue weighted by Gasteiger charge is 2.22. The monoisotopic (exact) mass is 516 g/mol. The van der Waals surface area contributed by atoms with E-state index in [1.54, 1.807) is 24.5 Å². The van der Waals surface area contributed by atoms with Crippen LogP contribution in [0.4, 0.5) is 10.1 Å². The van der Waals surface area contributed by atoms with Gasteiger partial charge >= 0.3 is 0 Å². The van der Waals surface area contributed by atoms with Gasteiger partial charge in [0.2, 0.25) is 0 Å². The molecule has 3 N–H and O–H groups in total. The summed E-state index contributed by atoms with van der Waals surface area (Å²) in [4.78, 5) is 6.80. The number of aliphatic imine (C=N–C) groups is 1. The second-order valence-electron chi connectivity index (χ2n) is 7.11. The molecule has 29 heavy (non-hydrogen) atoms. The highest BCUT2D eigenvalue weighted by atomic mass is 127. The number of piperidine rings is 1. The Hall–Kier alpha value is -1.81. The van der Waals surface area contributed by atoms with Crippen LogP contribution in [0.1, 0.15) is 37.2 Å². The molecule has 0 aliphatic carbocycles. The van der Waals surface area contributed by atoms with Gasteiger partial charge in [-0.2, -0.15) is 0 Å². The molecule has 0 spiro atoms. The van der Waals surface area contributed by atoms with E-state index in [2.05, 4.69) is 20.5 Å². The number of aliphatic hydroxyl groups is 1. The number of aliphatic hydroxyl groups excluding tert-OH is 1. The van der Waals surface area contributed by atoms with Crippen molar-refractivity contribution in [3.63, 3.8) is 0 Å². The molecule has 2 aromatic rings. The predicted octanol–water partition coefficient (Wildman–Crippen LogP) is 3.60. The van der Waals surface area contributed by atoms with Gasteiger partial charge < -0.3 is 25.1 Å². The molecule has 1 aliphatic heterocycles. The second kappa shape index (κ2) is 11.4. The number of nitrogens with one attached hydrogen (secondary N) is 2. The Morgan fingerprint density at radius 1 is 1.41 bits per heavy atom. The van der Waals surface area contributed by atoms with Crippen molar-refractivity contribution in [1.82, 2.24) is 10.6 Å². The van der Waals surface area contributed by atoms with Crippen molar-refractivity contribution in [2.24, 2.45) is 4.99 Å². The van der Waals surface area contributed by atoms with E-state index in [0.717, 1.165) is 43.7 Å². The van der Waals surface area contributed by atoms with Gasteiger partial charge in [0, 0.05) is 31.4 Å². The van der Waals surface area contributed by atoms with E-state index in [9.17, 15) is 9.50 Å². The Morgan fingerprint density at radius 3 is 2.93 bits per heavy atom. The number of furan rings is 1. The smallest absolute Gasteiger partial charge is 0.191 e. The summed E-state index contributed by atoms with van der Waals surface area (Å²) in [6, 6.07) is 8.65. The lowest BCUT2D eigenvalue weighted by Gasteiger charge is -2.36. The van der Waals surface area contributed by atoms with Gasteiger partial charge in [0.25, 0.3) is 0 Å². The van der Waals surface area contributed by atoms with Crippen LogP contribution in [0.15, 0.2) is 46.0 Å². The Balaban J connectivity index is 0.00000300. The van der Waals surface area contributed by atoms with E-state index in [0.29, 0.717) is 11.7 Å². The maximum absolute atomic E-state index is 13.4. The van der Waals surface area contributed by atoms with Crippen LogP contribution < -0.4 is 15.5 Å². The van der Waals surface area contributed by atoms with E-state index in [4.69, 9.17) is 4.42 Å². The Kier molecular flexibility index (Phi) is 9.22. The SMILES string of the molecule is CCNC(=NCC(O)c1ccco1)NC1CCCN(c2ccc(F)cc2C)C1.I. The van der Waals surface area contributed by atoms with Gasteiger partial charge in [0.15, 0.2) is 5.96 Å². The lowest BCUT2D eigenvalue weighted by molar-refractivity contribution is 0.158. The van der Waals surface area contributed by atoms with Gasteiger partial charge in [0.05, 0.1) is 12.8 Å². The minimum atomic E-state index is -0.768. The standard InChI is InChI=1S/C21H29FN4O2.HI/c1-3-23-21(24-13-19(27)20-7-5-11-28-20)25-17-6-4-10-26(14-17)18-9-8-16(22)12-15(18)2;/h5,7-9,11-12,17,19,27H,3-4,6,10,13-14H2,1-2H3,(H2,23,24,25);1H. The quantitative estimate of drug-likeness (QED) is 0.311. The number of hydrogen-bond donors (Lipinski definition) is 3. The fourth-order valence-corrected chi connectivity index (χ4v) is 3.55. The molecule has 0 saturated carbocycles. The molecule has 1 saturated heterocycles. The van der Waals surface area contributed by atoms with Crippen molar-refractivity contribution in [3.05, 3.63) is 53.7 Å². The molecule has 0 bridgehead atoms. The summed E-state index contributed by atoms with van der Waals surface area (Å²) in [5, 5.41) is 16.9. The van der Waals surface area contributed by atoms with Crippen molar-refractivity contribution in [2.75, 3.05) is 31.1 Å². The first-order valence-corrected chi connectivity index (χ1v) is 9.84. The van der Waals surface area contributed by atoms with E-state index in [1.807, 2.05) is 19.9 Å². The molecule has 3 rings (SSSR count). The first-order valence-electron chi connectivity index (χ1n) is 9.84. The van der Waals surface area contributed by atoms with E-state index < -0.39 is 6.10 Å². The topological polar surface area (TPSA) is 73.0 Å². The largest absolute Gasteiger partial charge is 0.467 e. The predicted molar refractivity (Wildman–Crippen MR) is 125 cm³/mol. The van der Waals surface area contributed by atoms with Crippen LogP contribution >= 0.6 is 24.0 Å². The number of benzene rings is 1. The maximum atomic E-state index is 13.4. The zero-order chi connectivity index (χ0) is 19.9. The van der Waals surface area contributed by atoms with Crippen LogP contribution in [-0.4, -0.2) is 43.3 Å². The third-order valence-corrected chi connectivity index (χ3v) is 4.90. The summed E-state index contributed by atoms with van der Waals surface area (Å²) in [7, 11) is 0. The molecule has 1 aromatic heterocycles. The summed E-state index contributed by atoms with van der Waals surface area (Å²) in [6.45, 7) is 6.67. The fourth-order valence-electron chi connectivity index (χ4n) is 3.55. The molecule has 1 aliphatic rings. The molecule has 0 amide bonds. The van der Waals surface area contributed by atoms with Gasteiger partial charge in [-0.3, -0.25) is 4.99 Å². The number of aryl methyl sites for hydroxylation is 1. The summed E-state index contributed by atoms with van der Waals surface area (Å²) >= 11 is 0. The van der Waals surface area contributed by atoms with E-state index in [-0.39, 0.29) is 42.4 Å². The average molecular weight is 516 g/mol. The number of anilines is 1. The average Bonchev–Trinajstić information content (AvgIpc) is 3.21. The third-order valence-electron chi connectivity index (χ3n) is 4.90. The molecule has 160 valence electrons. The first-order chi connectivity index (χ1) is 13.6. The van der Waals surface area contributed by atoms with Crippen molar-refractivity contribution in [2.45, 2.75) is 38.8 Å². The molecule has 1 aromatic carbocycles. The number of nitrogens with zero attached hydrogens (tertiary/aromatic N) is 2. The molecule has 0 radical (unpaired) electrons. The minimum absolute atomic E-state index is 0. The van der Waals surface area contributed by atoms with Crippen molar-refractivity contribution in [1.29, 1.82) is 0 Å². The van der Waals surface area contributed by atoms with Crippen LogP contribution in [0.25, 0.3) is 0 Å². The first kappa shape index (κ1) is 23.5. The van der Waals surface area contributed by atoms with Gasteiger partial charge in [-0.1, -0.05) is 0 Å². The molecule has 1 fully saturated rings. The number of rotatable bonds is 6. The second-order valence-corrected chi connectivity index (χ2v) is 7.11. The Bertz CT molecular complexity index is 785. The molecular formula is C21H30FIN4O2. The lowest BCUT2D eigenvalue weighted by Crippen LogP contribution is -2.51. The normalized spacial score (nSPS) is 18.1. The molecule has 2 atom stereocenters. The van der Waals surface area contributed by atoms with Gasteiger partial charge in [0.1, 0.15) is 17.7 Å².